The SMILES string of the molecule is CC(=COc1ccc(-c2ccccc2)cc1)C(=O)OCCCOc1ccccc1-c1ccccc1OCCCOC(=O)C(C)=COc1ccc(-c2ccccc2)cc1. The van der Waals surface area contributed by atoms with Crippen molar-refractivity contribution in [1.82, 2.24) is 0 Å². The van der Waals surface area contributed by atoms with Crippen LogP contribution in [0.2, 0.25) is 0 Å². The minimum atomic E-state index is -0.455. The van der Waals surface area contributed by atoms with Gasteiger partial charge in [0.05, 0.1) is 37.6 Å². The number of esters is 2. The molecule has 0 N–H and O–H groups in total. The van der Waals surface area contributed by atoms with Crippen LogP contribution < -0.4 is 18.9 Å². The zero-order chi connectivity index (χ0) is 40.4. The van der Waals surface area contributed by atoms with Crippen LogP contribution in [0.5, 0.6) is 23.0 Å². The first-order chi connectivity index (χ1) is 28.4. The predicted molar refractivity (Wildman–Crippen MR) is 227 cm³/mol. The molecule has 8 heteroatoms. The molecule has 0 saturated carbocycles. The highest BCUT2D eigenvalue weighted by molar-refractivity contribution is 5.88. The molecule has 0 bridgehead atoms. The topological polar surface area (TPSA) is 89.5 Å². The molecule has 0 atom stereocenters. The van der Waals surface area contributed by atoms with E-state index in [0.717, 1.165) is 33.4 Å². The van der Waals surface area contributed by atoms with Gasteiger partial charge in [0, 0.05) is 24.0 Å². The average molecular weight is 775 g/mol. The number of hydrogen-bond donors (Lipinski definition) is 0. The third kappa shape index (κ3) is 12.0. The Hall–Kier alpha value is -7.06. The van der Waals surface area contributed by atoms with E-state index in [9.17, 15) is 9.59 Å². The van der Waals surface area contributed by atoms with Crippen molar-refractivity contribution in [3.63, 3.8) is 0 Å². The largest absolute Gasteiger partial charge is 0.493 e. The summed E-state index contributed by atoms with van der Waals surface area (Å²) in [5.74, 6) is 1.70. The summed E-state index contributed by atoms with van der Waals surface area (Å²) in [6, 6.07) is 50.9. The van der Waals surface area contributed by atoms with Crippen molar-refractivity contribution in [2.24, 2.45) is 0 Å². The van der Waals surface area contributed by atoms with E-state index < -0.39 is 11.9 Å². The monoisotopic (exact) mass is 774 g/mol. The number of hydrogen-bond acceptors (Lipinski definition) is 8. The molecule has 0 fully saturated rings. The van der Waals surface area contributed by atoms with Gasteiger partial charge in [-0.15, -0.1) is 0 Å². The lowest BCUT2D eigenvalue weighted by molar-refractivity contribution is -0.140. The molecule has 58 heavy (non-hydrogen) atoms. The highest BCUT2D eigenvalue weighted by Gasteiger charge is 2.13. The fourth-order valence-corrected chi connectivity index (χ4v) is 5.79. The van der Waals surface area contributed by atoms with Crippen molar-refractivity contribution in [2.75, 3.05) is 26.4 Å². The molecule has 0 aliphatic heterocycles. The van der Waals surface area contributed by atoms with Crippen LogP contribution in [0.4, 0.5) is 0 Å². The number of benzene rings is 6. The molecule has 0 radical (unpaired) electrons. The first-order valence-corrected chi connectivity index (χ1v) is 19.2. The maximum Gasteiger partial charge on any atom is 0.336 e. The second-order valence-corrected chi connectivity index (χ2v) is 13.3. The third-order valence-electron chi connectivity index (χ3n) is 8.93. The van der Waals surface area contributed by atoms with Gasteiger partial charge >= 0.3 is 11.9 Å². The molecule has 0 heterocycles. The first kappa shape index (κ1) is 40.6. The number of rotatable bonds is 19. The molecule has 6 rings (SSSR count). The Morgan fingerprint density at radius 2 is 0.759 bits per heavy atom. The molecule has 294 valence electrons. The Bertz CT molecular complexity index is 2110. The van der Waals surface area contributed by atoms with Crippen LogP contribution in [0.25, 0.3) is 33.4 Å². The fraction of sp³-hybridized carbons (Fsp3) is 0.160. The summed E-state index contributed by atoms with van der Waals surface area (Å²) in [6.45, 7) is 4.36. The summed E-state index contributed by atoms with van der Waals surface area (Å²) in [4.78, 5) is 25.1. The summed E-state index contributed by atoms with van der Waals surface area (Å²) in [6.07, 6.45) is 3.80. The van der Waals surface area contributed by atoms with Crippen molar-refractivity contribution in [3.8, 4) is 56.4 Å². The molecular weight excluding hydrogens is 729 g/mol. The molecule has 0 saturated heterocycles. The van der Waals surface area contributed by atoms with E-state index in [1.165, 1.54) is 12.5 Å². The van der Waals surface area contributed by atoms with Gasteiger partial charge in [0.2, 0.25) is 0 Å². The summed E-state index contributed by atoms with van der Waals surface area (Å²) in [5.41, 5.74) is 6.84. The van der Waals surface area contributed by atoms with Gasteiger partial charge in [-0.3, -0.25) is 0 Å². The Morgan fingerprint density at radius 3 is 1.16 bits per heavy atom. The van der Waals surface area contributed by atoms with Gasteiger partial charge < -0.3 is 28.4 Å². The molecule has 0 unspecified atom stereocenters. The maximum absolute atomic E-state index is 12.6. The lowest BCUT2D eigenvalue weighted by Gasteiger charge is -2.15. The Labute approximate surface area is 339 Å². The Balaban J connectivity index is 0.904. The fourth-order valence-electron chi connectivity index (χ4n) is 5.79. The molecule has 0 aromatic heterocycles. The van der Waals surface area contributed by atoms with Crippen molar-refractivity contribution in [1.29, 1.82) is 0 Å². The van der Waals surface area contributed by atoms with Crippen LogP contribution in [0.15, 0.2) is 181 Å². The zero-order valence-corrected chi connectivity index (χ0v) is 32.7. The van der Waals surface area contributed by atoms with Crippen molar-refractivity contribution < 1.29 is 38.0 Å². The summed E-state index contributed by atoms with van der Waals surface area (Å²) in [5, 5.41) is 0. The quantitative estimate of drug-likeness (QED) is 0.0348. The van der Waals surface area contributed by atoms with Crippen LogP contribution in [-0.2, 0) is 19.1 Å². The van der Waals surface area contributed by atoms with Crippen molar-refractivity contribution in [2.45, 2.75) is 26.7 Å². The van der Waals surface area contributed by atoms with Gasteiger partial charge in [-0.05, 0) is 72.5 Å². The minimum Gasteiger partial charge on any atom is -0.493 e. The van der Waals surface area contributed by atoms with E-state index in [4.69, 9.17) is 28.4 Å². The van der Waals surface area contributed by atoms with E-state index in [-0.39, 0.29) is 13.2 Å². The normalized spacial score (nSPS) is 11.3. The van der Waals surface area contributed by atoms with Gasteiger partial charge in [0.25, 0.3) is 0 Å². The second kappa shape index (κ2) is 21.3. The van der Waals surface area contributed by atoms with Crippen LogP contribution in [0.1, 0.15) is 26.7 Å². The smallest absolute Gasteiger partial charge is 0.336 e. The van der Waals surface area contributed by atoms with Crippen LogP contribution in [0.3, 0.4) is 0 Å². The van der Waals surface area contributed by atoms with Gasteiger partial charge in [-0.1, -0.05) is 121 Å². The highest BCUT2D eigenvalue weighted by Crippen LogP contribution is 2.36. The van der Waals surface area contributed by atoms with Crippen LogP contribution >= 0.6 is 0 Å². The molecule has 0 amide bonds. The second-order valence-electron chi connectivity index (χ2n) is 13.3. The molecule has 6 aromatic rings. The molecule has 0 aliphatic rings. The predicted octanol–water partition coefficient (Wildman–Crippen LogP) is 11.3. The van der Waals surface area contributed by atoms with E-state index in [1.54, 1.807) is 13.8 Å². The number of ether oxygens (including phenoxy) is 6. The van der Waals surface area contributed by atoms with Crippen molar-refractivity contribution >= 4 is 11.9 Å². The van der Waals surface area contributed by atoms with Gasteiger partial charge in [0.15, 0.2) is 0 Å². The van der Waals surface area contributed by atoms with E-state index in [1.807, 2.05) is 158 Å². The molecular formula is C50H46O8. The summed E-state index contributed by atoms with van der Waals surface area (Å²) >= 11 is 0. The van der Waals surface area contributed by atoms with Gasteiger partial charge in [-0.25, -0.2) is 9.59 Å². The van der Waals surface area contributed by atoms with Gasteiger partial charge in [-0.2, -0.15) is 0 Å². The lowest BCUT2D eigenvalue weighted by atomic mass is 10.0. The Morgan fingerprint density at radius 1 is 0.414 bits per heavy atom. The van der Waals surface area contributed by atoms with Crippen LogP contribution in [0, 0.1) is 0 Å². The molecule has 6 aromatic carbocycles. The molecule has 0 aliphatic carbocycles. The van der Waals surface area contributed by atoms with E-state index in [2.05, 4.69) is 0 Å². The highest BCUT2D eigenvalue weighted by atomic mass is 16.5. The number of carbonyl (C=O) groups excluding carboxylic acids is 2. The molecule has 0 spiro atoms. The summed E-state index contributed by atoms with van der Waals surface area (Å²) in [7, 11) is 0. The standard InChI is InChI=1S/C50H46O8/c1-37(35-57-43-27-23-41(24-28-43)39-15-5-3-6-16-39)49(51)55-33-13-31-53-47-21-11-9-19-45(47)46-20-10-12-22-48(46)54-32-14-34-56-50(52)38(2)36-58-44-29-25-42(26-30-44)40-17-7-4-8-18-40/h3-12,15-30,35-36H,13-14,31-34H2,1-2H3. The zero-order valence-electron chi connectivity index (χ0n) is 32.7. The van der Waals surface area contributed by atoms with Crippen LogP contribution in [-0.4, -0.2) is 38.4 Å². The lowest BCUT2D eigenvalue weighted by Crippen LogP contribution is -2.11. The molecule has 8 nitrogen and oxygen atoms in total. The third-order valence-corrected chi connectivity index (χ3v) is 8.93. The van der Waals surface area contributed by atoms with Gasteiger partial charge in [0.1, 0.15) is 35.5 Å². The van der Waals surface area contributed by atoms with E-state index >= 15 is 0 Å². The number of carbonyl (C=O) groups is 2. The summed E-state index contributed by atoms with van der Waals surface area (Å²) < 4.78 is 34.6. The number of para-hydroxylation sites is 2. The minimum absolute atomic E-state index is 0.188. The average Bonchev–Trinajstić information content (AvgIpc) is 3.28. The Kier molecular flexibility index (Phi) is 14.9. The van der Waals surface area contributed by atoms with E-state index in [0.29, 0.717) is 60.2 Å². The first-order valence-electron chi connectivity index (χ1n) is 19.2. The maximum atomic E-state index is 12.6. The van der Waals surface area contributed by atoms with Crippen molar-refractivity contribution in [3.05, 3.63) is 181 Å².